The van der Waals surface area contributed by atoms with Gasteiger partial charge in [0.25, 0.3) is 0 Å². The first kappa shape index (κ1) is 9.79. The first-order chi connectivity index (χ1) is 7.35. The summed E-state index contributed by atoms with van der Waals surface area (Å²) in [5.74, 6) is 0.444. The average molecular weight is 204 g/mol. The number of hydrogen-bond donors (Lipinski definition) is 1. The van der Waals surface area contributed by atoms with Gasteiger partial charge in [-0.2, -0.15) is 4.68 Å². The molecular weight excluding hydrogens is 192 g/mol. The molecule has 0 saturated heterocycles. The number of aliphatic hydroxyl groups is 1. The Hall–Kier alpha value is -1.75. The maximum atomic E-state index is 9.01. The third-order valence-electron chi connectivity index (χ3n) is 2.26. The van der Waals surface area contributed by atoms with E-state index in [1.54, 1.807) is 0 Å². The number of rotatable bonds is 3. The van der Waals surface area contributed by atoms with Gasteiger partial charge in [0.05, 0.1) is 5.69 Å². The highest BCUT2D eigenvalue weighted by Gasteiger charge is 2.05. The molecule has 0 spiro atoms. The van der Waals surface area contributed by atoms with E-state index in [9.17, 15) is 0 Å². The summed E-state index contributed by atoms with van der Waals surface area (Å²) in [7, 11) is 0. The molecule has 0 radical (unpaired) electrons. The van der Waals surface area contributed by atoms with Gasteiger partial charge in [0, 0.05) is 0 Å². The minimum atomic E-state index is -0.164. The van der Waals surface area contributed by atoms with Crippen molar-refractivity contribution in [1.29, 1.82) is 0 Å². The molecule has 0 atom stereocenters. The number of tetrazole rings is 1. The minimum absolute atomic E-state index is 0.164. The monoisotopic (exact) mass is 204 g/mol. The Bertz CT molecular complexity index is 435. The maximum Gasteiger partial charge on any atom is 0.182 e. The van der Waals surface area contributed by atoms with Gasteiger partial charge < -0.3 is 5.11 Å². The van der Waals surface area contributed by atoms with Crippen LogP contribution in [0.3, 0.4) is 0 Å². The molecule has 0 aliphatic rings. The first-order valence-electron chi connectivity index (χ1n) is 4.82. The molecule has 1 heterocycles. The van der Waals surface area contributed by atoms with Crippen LogP contribution in [0, 0.1) is 0 Å². The lowest BCUT2D eigenvalue weighted by Crippen LogP contribution is -2.02. The van der Waals surface area contributed by atoms with E-state index in [1.807, 2.05) is 24.3 Å². The summed E-state index contributed by atoms with van der Waals surface area (Å²) < 4.78 is 1.53. The number of hydrogen-bond acceptors (Lipinski definition) is 4. The van der Waals surface area contributed by atoms with Crippen molar-refractivity contribution in [3.63, 3.8) is 0 Å². The molecule has 5 nitrogen and oxygen atoms in total. The molecule has 0 amide bonds. The Morgan fingerprint density at radius 2 is 2.00 bits per heavy atom. The molecule has 0 aliphatic heterocycles. The lowest BCUT2D eigenvalue weighted by Gasteiger charge is -2.03. The third kappa shape index (κ3) is 1.87. The van der Waals surface area contributed by atoms with Gasteiger partial charge in [-0.3, -0.25) is 0 Å². The number of benzene rings is 1. The van der Waals surface area contributed by atoms with Crippen LogP contribution in [0.2, 0.25) is 0 Å². The van der Waals surface area contributed by atoms with Gasteiger partial charge in [0.1, 0.15) is 6.61 Å². The predicted molar refractivity (Wildman–Crippen MR) is 54.5 cm³/mol. The molecule has 2 rings (SSSR count). The summed E-state index contributed by atoms with van der Waals surface area (Å²) in [6.07, 6.45) is 1.00. The zero-order chi connectivity index (χ0) is 10.7. The van der Waals surface area contributed by atoms with Gasteiger partial charge in [-0.15, -0.1) is 5.10 Å². The molecule has 0 bridgehead atoms. The normalized spacial score (nSPS) is 10.5. The molecule has 0 fully saturated rings. The van der Waals surface area contributed by atoms with Gasteiger partial charge in [-0.05, 0) is 34.5 Å². The summed E-state index contributed by atoms with van der Waals surface area (Å²) >= 11 is 0. The van der Waals surface area contributed by atoms with Gasteiger partial charge in [0.2, 0.25) is 0 Å². The van der Waals surface area contributed by atoms with Crippen molar-refractivity contribution >= 4 is 0 Å². The SMILES string of the molecule is CCc1ccc(-n2nnnc2CO)cc1. The standard InChI is InChI=1S/C10H12N4O/c1-2-8-3-5-9(6-4-8)14-10(7-15)11-12-13-14/h3-6,15H,2,7H2,1H3. The quantitative estimate of drug-likeness (QED) is 0.800. The van der Waals surface area contributed by atoms with Gasteiger partial charge in [-0.25, -0.2) is 0 Å². The minimum Gasteiger partial charge on any atom is -0.388 e. The van der Waals surface area contributed by atoms with E-state index < -0.39 is 0 Å². The van der Waals surface area contributed by atoms with Crippen LogP contribution < -0.4 is 0 Å². The van der Waals surface area contributed by atoms with Crippen LogP contribution in [0.4, 0.5) is 0 Å². The van der Waals surface area contributed by atoms with Gasteiger partial charge >= 0.3 is 0 Å². The summed E-state index contributed by atoms with van der Waals surface area (Å²) in [5.41, 5.74) is 2.12. The zero-order valence-electron chi connectivity index (χ0n) is 8.46. The summed E-state index contributed by atoms with van der Waals surface area (Å²) in [4.78, 5) is 0. The highest BCUT2D eigenvalue weighted by molar-refractivity contribution is 5.34. The second kappa shape index (κ2) is 4.18. The Kier molecular flexibility index (Phi) is 2.73. The van der Waals surface area contributed by atoms with Crippen molar-refractivity contribution in [3.05, 3.63) is 35.7 Å². The van der Waals surface area contributed by atoms with Crippen molar-refractivity contribution in [3.8, 4) is 5.69 Å². The van der Waals surface area contributed by atoms with E-state index in [-0.39, 0.29) is 6.61 Å². The molecule has 15 heavy (non-hydrogen) atoms. The van der Waals surface area contributed by atoms with Crippen LogP contribution in [0.25, 0.3) is 5.69 Å². The maximum absolute atomic E-state index is 9.01. The molecule has 0 unspecified atom stereocenters. The van der Waals surface area contributed by atoms with E-state index >= 15 is 0 Å². The Labute approximate surface area is 87.4 Å². The Morgan fingerprint density at radius 3 is 2.60 bits per heavy atom. The Balaban J connectivity index is 2.37. The molecule has 0 aliphatic carbocycles. The van der Waals surface area contributed by atoms with Crippen LogP contribution >= 0.6 is 0 Å². The van der Waals surface area contributed by atoms with Crippen LogP contribution in [0.1, 0.15) is 18.3 Å². The van der Waals surface area contributed by atoms with Crippen LogP contribution in [0.5, 0.6) is 0 Å². The van der Waals surface area contributed by atoms with Crippen LogP contribution in [0.15, 0.2) is 24.3 Å². The van der Waals surface area contributed by atoms with Crippen molar-refractivity contribution in [1.82, 2.24) is 20.2 Å². The van der Waals surface area contributed by atoms with Crippen LogP contribution in [-0.4, -0.2) is 25.3 Å². The molecule has 1 aromatic carbocycles. The second-order valence-corrected chi connectivity index (χ2v) is 3.19. The van der Waals surface area contributed by atoms with E-state index in [2.05, 4.69) is 22.4 Å². The number of aryl methyl sites for hydroxylation is 1. The smallest absolute Gasteiger partial charge is 0.182 e. The fourth-order valence-electron chi connectivity index (χ4n) is 1.38. The number of nitrogens with zero attached hydrogens (tertiary/aromatic N) is 4. The number of aliphatic hydroxyl groups excluding tert-OH is 1. The lowest BCUT2D eigenvalue weighted by molar-refractivity contribution is 0.268. The van der Waals surface area contributed by atoms with E-state index in [4.69, 9.17) is 5.11 Å². The largest absolute Gasteiger partial charge is 0.388 e. The van der Waals surface area contributed by atoms with Crippen molar-refractivity contribution in [2.75, 3.05) is 0 Å². The van der Waals surface area contributed by atoms with Crippen molar-refractivity contribution in [2.24, 2.45) is 0 Å². The number of aromatic nitrogens is 4. The molecular formula is C10H12N4O. The molecule has 0 saturated carbocycles. The van der Waals surface area contributed by atoms with E-state index in [1.165, 1.54) is 10.2 Å². The van der Waals surface area contributed by atoms with E-state index in [0.29, 0.717) is 5.82 Å². The van der Waals surface area contributed by atoms with Crippen molar-refractivity contribution in [2.45, 2.75) is 20.0 Å². The molecule has 1 N–H and O–H groups in total. The molecule has 78 valence electrons. The van der Waals surface area contributed by atoms with Gasteiger partial charge in [0.15, 0.2) is 5.82 Å². The fourth-order valence-corrected chi connectivity index (χ4v) is 1.38. The van der Waals surface area contributed by atoms with Crippen molar-refractivity contribution < 1.29 is 5.11 Å². The van der Waals surface area contributed by atoms with Crippen LogP contribution in [-0.2, 0) is 13.0 Å². The fraction of sp³-hybridized carbons (Fsp3) is 0.300. The van der Waals surface area contributed by atoms with Gasteiger partial charge in [-0.1, -0.05) is 19.1 Å². The zero-order valence-corrected chi connectivity index (χ0v) is 8.46. The first-order valence-corrected chi connectivity index (χ1v) is 4.82. The summed E-state index contributed by atoms with van der Waals surface area (Å²) in [5, 5.41) is 20.0. The Morgan fingerprint density at radius 1 is 1.27 bits per heavy atom. The topological polar surface area (TPSA) is 63.8 Å². The molecule has 5 heteroatoms. The highest BCUT2D eigenvalue weighted by atomic mass is 16.3. The summed E-state index contributed by atoms with van der Waals surface area (Å²) in [6, 6.07) is 7.93. The summed E-state index contributed by atoms with van der Waals surface area (Å²) in [6.45, 7) is 1.94. The lowest BCUT2D eigenvalue weighted by atomic mass is 10.1. The second-order valence-electron chi connectivity index (χ2n) is 3.19. The third-order valence-corrected chi connectivity index (χ3v) is 2.26. The average Bonchev–Trinajstić information content (AvgIpc) is 2.77. The molecule has 2 aromatic rings. The predicted octanol–water partition coefficient (Wildman–Crippen LogP) is 0.717. The highest BCUT2D eigenvalue weighted by Crippen LogP contribution is 2.10. The van der Waals surface area contributed by atoms with E-state index in [0.717, 1.165) is 12.1 Å². The molecule has 1 aromatic heterocycles.